The fourth-order valence-corrected chi connectivity index (χ4v) is 1.58. The number of aromatic nitrogens is 3. The first-order valence-corrected chi connectivity index (χ1v) is 6.05. The van der Waals surface area contributed by atoms with Gasteiger partial charge in [-0.1, -0.05) is 18.5 Å². The maximum Gasteiger partial charge on any atom is 0.345 e. The molecule has 7 heteroatoms. The van der Waals surface area contributed by atoms with Gasteiger partial charge in [-0.3, -0.25) is 0 Å². The zero-order valence-electron chi connectivity index (χ0n) is 10.2. The van der Waals surface area contributed by atoms with Crippen molar-refractivity contribution in [1.29, 1.82) is 0 Å². The standard InChI is InChI=1S/C12H12ClN3O3/c1-2-10(11(17)18)19-12-14-7-16(15-12)9-5-3-8(13)4-6-9/h3-7,10H,2H2,1H3,(H,17,18). The predicted molar refractivity (Wildman–Crippen MR) is 68.7 cm³/mol. The number of benzene rings is 1. The van der Waals surface area contributed by atoms with Crippen LogP contribution in [0.4, 0.5) is 0 Å². The first-order chi connectivity index (χ1) is 9.10. The van der Waals surface area contributed by atoms with Gasteiger partial charge in [-0.15, -0.1) is 5.10 Å². The molecule has 19 heavy (non-hydrogen) atoms. The number of aliphatic carboxylic acids is 1. The first kappa shape index (κ1) is 13.4. The van der Waals surface area contributed by atoms with Gasteiger partial charge in [-0.2, -0.15) is 4.98 Å². The van der Waals surface area contributed by atoms with E-state index < -0.39 is 12.1 Å². The minimum absolute atomic E-state index is 0.0317. The molecule has 0 aliphatic heterocycles. The van der Waals surface area contributed by atoms with Crippen molar-refractivity contribution in [3.8, 4) is 11.7 Å². The molecule has 2 rings (SSSR count). The Kier molecular flexibility index (Phi) is 4.01. The van der Waals surface area contributed by atoms with Crippen LogP contribution in [0.5, 0.6) is 6.01 Å². The third-order valence-electron chi connectivity index (χ3n) is 2.46. The Morgan fingerprint density at radius 1 is 1.47 bits per heavy atom. The van der Waals surface area contributed by atoms with Gasteiger partial charge >= 0.3 is 12.0 Å². The fraction of sp³-hybridized carbons (Fsp3) is 0.250. The summed E-state index contributed by atoms with van der Waals surface area (Å²) in [4.78, 5) is 14.8. The second-order valence-electron chi connectivity index (χ2n) is 3.80. The van der Waals surface area contributed by atoms with Crippen molar-refractivity contribution in [2.75, 3.05) is 0 Å². The van der Waals surface area contributed by atoms with Crippen LogP contribution in [0, 0.1) is 0 Å². The van der Waals surface area contributed by atoms with Gasteiger partial charge in [-0.05, 0) is 30.7 Å². The van der Waals surface area contributed by atoms with Crippen molar-refractivity contribution in [3.05, 3.63) is 35.6 Å². The summed E-state index contributed by atoms with van der Waals surface area (Å²) in [6.45, 7) is 1.72. The van der Waals surface area contributed by atoms with Gasteiger partial charge < -0.3 is 9.84 Å². The quantitative estimate of drug-likeness (QED) is 0.909. The van der Waals surface area contributed by atoms with Crippen LogP contribution in [0.2, 0.25) is 5.02 Å². The van der Waals surface area contributed by atoms with Crippen LogP contribution in [-0.2, 0) is 4.79 Å². The number of carboxylic acids is 1. The van der Waals surface area contributed by atoms with Crippen LogP contribution in [0.15, 0.2) is 30.6 Å². The number of carbonyl (C=O) groups is 1. The van der Waals surface area contributed by atoms with E-state index in [-0.39, 0.29) is 6.01 Å². The Labute approximate surface area is 114 Å². The summed E-state index contributed by atoms with van der Waals surface area (Å²) in [5.41, 5.74) is 0.759. The number of nitrogens with zero attached hydrogens (tertiary/aromatic N) is 3. The zero-order chi connectivity index (χ0) is 13.8. The molecule has 100 valence electrons. The SMILES string of the molecule is CCC(Oc1ncn(-c2ccc(Cl)cc2)n1)C(=O)O. The maximum absolute atomic E-state index is 10.8. The van der Waals surface area contributed by atoms with Gasteiger partial charge in [0.2, 0.25) is 0 Å². The van der Waals surface area contributed by atoms with Crippen LogP contribution < -0.4 is 4.74 Å². The Balaban J connectivity index is 2.15. The normalized spacial score (nSPS) is 12.1. The highest BCUT2D eigenvalue weighted by atomic mass is 35.5. The predicted octanol–water partition coefficient (Wildman–Crippen LogP) is 2.16. The second-order valence-corrected chi connectivity index (χ2v) is 4.24. The highest BCUT2D eigenvalue weighted by Crippen LogP contribution is 2.14. The first-order valence-electron chi connectivity index (χ1n) is 5.67. The van der Waals surface area contributed by atoms with Gasteiger partial charge in [0.15, 0.2) is 6.10 Å². The summed E-state index contributed by atoms with van der Waals surface area (Å²) in [5.74, 6) is -1.04. The molecule has 1 unspecified atom stereocenters. The van der Waals surface area contributed by atoms with E-state index in [2.05, 4.69) is 10.1 Å². The highest BCUT2D eigenvalue weighted by molar-refractivity contribution is 6.30. The second kappa shape index (κ2) is 5.71. The Morgan fingerprint density at radius 2 is 2.16 bits per heavy atom. The molecule has 0 fully saturated rings. The smallest absolute Gasteiger partial charge is 0.345 e. The van der Waals surface area contributed by atoms with Crippen LogP contribution in [0.25, 0.3) is 5.69 Å². The van der Waals surface area contributed by atoms with Gasteiger partial charge in [0.25, 0.3) is 0 Å². The van der Waals surface area contributed by atoms with Gasteiger partial charge in [0, 0.05) is 5.02 Å². The lowest BCUT2D eigenvalue weighted by molar-refractivity contribution is -0.145. The summed E-state index contributed by atoms with van der Waals surface area (Å²) in [7, 11) is 0. The molecule has 0 amide bonds. The van der Waals surface area contributed by atoms with E-state index in [1.807, 2.05) is 0 Å². The third-order valence-corrected chi connectivity index (χ3v) is 2.71. The minimum Gasteiger partial charge on any atom is -0.479 e. The lowest BCUT2D eigenvalue weighted by Crippen LogP contribution is -2.26. The molecule has 1 N–H and O–H groups in total. The molecule has 0 aliphatic carbocycles. The number of ether oxygens (including phenoxy) is 1. The molecule has 1 heterocycles. The molecule has 0 radical (unpaired) electrons. The Hall–Kier alpha value is -2.08. The van der Waals surface area contributed by atoms with Crippen molar-refractivity contribution in [1.82, 2.24) is 14.8 Å². The van der Waals surface area contributed by atoms with Crippen LogP contribution >= 0.6 is 11.6 Å². The monoisotopic (exact) mass is 281 g/mol. The van der Waals surface area contributed by atoms with Crippen LogP contribution in [-0.4, -0.2) is 31.9 Å². The lowest BCUT2D eigenvalue weighted by Gasteiger charge is -2.08. The lowest BCUT2D eigenvalue weighted by atomic mass is 10.3. The molecule has 1 aromatic heterocycles. The average Bonchev–Trinajstić information content (AvgIpc) is 2.85. The molecule has 0 bridgehead atoms. The van der Waals surface area contributed by atoms with Crippen molar-refractivity contribution in [2.45, 2.75) is 19.4 Å². The fourth-order valence-electron chi connectivity index (χ4n) is 1.46. The van der Waals surface area contributed by atoms with Crippen LogP contribution in [0.3, 0.4) is 0 Å². The van der Waals surface area contributed by atoms with E-state index in [4.69, 9.17) is 21.4 Å². The van der Waals surface area contributed by atoms with Gasteiger partial charge in [-0.25, -0.2) is 9.48 Å². The summed E-state index contributed by atoms with van der Waals surface area (Å²) in [5, 5.41) is 13.6. The summed E-state index contributed by atoms with van der Waals surface area (Å²) in [6.07, 6.45) is 0.846. The average molecular weight is 282 g/mol. The Morgan fingerprint density at radius 3 is 2.74 bits per heavy atom. The number of hydrogen-bond donors (Lipinski definition) is 1. The zero-order valence-corrected chi connectivity index (χ0v) is 10.9. The molecular weight excluding hydrogens is 270 g/mol. The van der Waals surface area contributed by atoms with Gasteiger partial charge in [0.1, 0.15) is 6.33 Å². The molecule has 0 saturated carbocycles. The molecule has 1 aromatic carbocycles. The summed E-state index contributed by atoms with van der Waals surface area (Å²) < 4.78 is 6.67. The summed E-state index contributed by atoms with van der Waals surface area (Å²) in [6, 6.07) is 7.03. The van der Waals surface area contributed by atoms with Gasteiger partial charge in [0.05, 0.1) is 5.69 Å². The number of rotatable bonds is 5. The number of hydrogen-bond acceptors (Lipinski definition) is 4. The van der Waals surface area contributed by atoms with E-state index in [1.165, 1.54) is 11.0 Å². The minimum atomic E-state index is -1.04. The van der Waals surface area contributed by atoms with Crippen molar-refractivity contribution < 1.29 is 14.6 Å². The Bertz CT molecular complexity index is 568. The molecule has 1 atom stereocenters. The van der Waals surface area contributed by atoms with Crippen molar-refractivity contribution in [3.63, 3.8) is 0 Å². The molecular formula is C12H12ClN3O3. The van der Waals surface area contributed by atoms with Crippen molar-refractivity contribution in [2.24, 2.45) is 0 Å². The largest absolute Gasteiger partial charge is 0.479 e. The number of carboxylic acid groups (broad SMARTS) is 1. The van der Waals surface area contributed by atoms with E-state index in [0.717, 1.165) is 5.69 Å². The van der Waals surface area contributed by atoms with E-state index in [9.17, 15) is 4.79 Å². The molecule has 2 aromatic rings. The summed E-state index contributed by atoms with van der Waals surface area (Å²) >= 11 is 5.79. The van der Waals surface area contributed by atoms with Crippen LogP contribution in [0.1, 0.15) is 13.3 Å². The van der Waals surface area contributed by atoms with Crippen molar-refractivity contribution >= 4 is 17.6 Å². The molecule has 0 aliphatic rings. The molecule has 0 saturated heterocycles. The molecule has 6 nitrogen and oxygen atoms in total. The molecule has 0 spiro atoms. The number of halogens is 1. The maximum atomic E-state index is 10.8. The van der Waals surface area contributed by atoms with E-state index in [1.54, 1.807) is 31.2 Å². The van der Waals surface area contributed by atoms with E-state index in [0.29, 0.717) is 11.4 Å². The van der Waals surface area contributed by atoms with E-state index >= 15 is 0 Å². The topological polar surface area (TPSA) is 77.2 Å². The highest BCUT2D eigenvalue weighted by Gasteiger charge is 2.18. The third kappa shape index (κ3) is 3.23.